The molecule has 3 saturated carbocycles. The molecule has 0 radical (unpaired) electrons. The Morgan fingerprint density at radius 3 is 2.41 bits per heavy atom. The van der Waals surface area contributed by atoms with Crippen molar-refractivity contribution in [3.8, 4) is 6.07 Å². The number of carbonyl (C=O) groups excluding carboxylic acids is 1. The molecular formula is C31H41NO2. The molecule has 0 saturated heterocycles. The number of ether oxygens (including phenoxy) is 1. The molecule has 0 aromatic carbocycles. The van der Waals surface area contributed by atoms with E-state index in [1.165, 1.54) is 29.6 Å². The summed E-state index contributed by atoms with van der Waals surface area (Å²) in [7, 11) is 0. The summed E-state index contributed by atoms with van der Waals surface area (Å²) in [5.74, 6) is 1.07. The van der Waals surface area contributed by atoms with Crippen molar-refractivity contribution in [2.75, 3.05) is 6.61 Å². The quantitative estimate of drug-likeness (QED) is 0.427. The fourth-order valence-corrected chi connectivity index (χ4v) is 8.87. The number of nitriles is 1. The molecule has 0 unspecified atom stereocenters. The lowest BCUT2D eigenvalue weighted by molar-refractivity contribution is -0.155. The van der Waals surface area contributed by atoms with Crippen LogP contribution in [0.1, 0.15) is 93.4 Å². The van der Waals surface area contributed by atoms with Crippen LogP contribution >= 0.6 is 0 Å². The number of carbonyl (C=O) groups is 1. The van der Waals surface area contributed by atoms with E-state index < -0.39 is 0 Å². The van der Waals surface area contributed by atoms with Crippen LogP contribution in [0.25, 0.3) is 0 Å². The highest BCUT2D eigenvalue weighted by molar-refractivity contribution is 6.07. The molecule has 5 aliphatic rings. The van der Waals surface area contributed by atoms with Crippen LogP contribution in [0.2, 0.25) is 0 Å². The summed E-state index contributed by atoms with van der Waals surface area (Å²) < 4.78 is 5.75. The number of allylic oxidation sites excluding steroid dienone is 7. The summed E-state index contributed by atoms with van der Waals surface area (Å²) in [5.41, 5.74) is 5.04. The first-order valence-electron chi connectivity index (χ1n) is 13.3. The number of rotatable bonds is 2. The molecule has 0 aromatic heterocycles. The van der Waals surface area contributed by atoms with E-state index >= 15 is 0 Å². The van der Waals surface area contributed by atoms with Crippen LogP contribution in [0.4, 0.5) is 0 Å². The van der Waals surface area contributed by atoms with Gasteiger partial charge in [-0.05, 0) is 105 Å². The van der Waals surface area contributed by atoms with Crippen molar-refractivity contribution in [1.82, 2.24) is 0 Å². The fourth-order valence-electron chi connectivity index (χ4n) is 8.87. The van der Waals surface area contributed by atoms with Gasteiger partial charge < -0.3 is 4.74 Å². The molecule has 6 atom stereocenters. The summed E-state index contributed by atoms with van der Waals surface area (Å²) >= 11 is 0. The van der Waals surface area contributed by atoms with Gasteiger partial charge in [-0.15, -0.1) is 0 Å². The minimum Gasteiger partial charge on any atom is -0.489 e. The van der Waals surface area contributed by atoms with Crippen molar-refractivity contribution >= 4 is 5.78 Å². The Balaban J connectivity index is 1.63. The molecule has 34 heavy (non-hydrogen) atoms. The average Bonchev–Trinajstić information content (AvgIpc) is 2.80. The number of nitrogens with zero attached hydrogens (tertiary/aromatic N) is 1. The third kappa shape index (κ3) is 2.84. The number of fused-ring (bicyclic) bond motifs is 7. The zero-order valence-corrected chi connectivity index (χ0v) is 22.2. The molecule has 0 aliphatic heterocycles. The van der Waals surface area contributed by atoms with Crippen molar-refractivity contribution in [2.24, 2.45) is 33.0 Å². The third-order valence-corrected chi connectivity index (χ3v) is 11.4. The standard InChI is InChI=1S/C31H41NO2/c1-8-34-26-20(2)21-9-10-24-29(5,22(21)17-23(26)33)14-16-31(7)25-18-27(3,19-32)11-12-28(25,4)13-15-30(24,31)6/h9-10,17,25H,8,11-16,18H2,1-7H3/t25-,27-,28-,29+,30-,31+/m1/s1. The smallest absolute Gasteiger partial charge is 0.220 e. The molecule has 0 heterocycles. The Kier molecular flexibility index (Phi) is 5.02. The molecule has 3 nitrogen and oxygen atoms in total. The van der Waals surface area contributed by atoms with Crippen molar-refractivity contribution < 1.29 is 9.53 Å². The molecule has 0 bridgehead atoms. The van der Waals surface area contributed by atoms with Crippen LogP contribution in [0, 0.1) is 44.3 Å². The van der Waals surface area contributed by atoms with Gasteiger partial charge >= 0.3 is 0 Å². The van der Waals surface area contributed by atoms with E-state index in [4.69, 9.17) is 4.74 Å². The topological polar surface area (TPSA) is 50.1 Å². The summed E-state index contributed by atoms with van der Waals surface area (Å²) in [4.78, 5) is 13.1. The highest BCUT2D eigenvalue weighted by atomic mass is 16.5. The first kappa shape index (κ1) is 23.7. The van der Waals surface area contributed by atoms with Gasteiger partial charge in [-0.25, -0.2) is 0 Å². The summed E-state index contributed by atoms with van der Waals surface area (Å²) in [6.45, 7) is 16.6. The van der Waals surface area contributed by atoms with Crippen LogP contribution in [-0.4, -0.2) is 12.4 Å². The van der Waals surface area contributed by atoms with Crippen molar-refractivity contribution in [1.29, 1.82) is 5.26 Å². The van der Waals surface area contributed by atoms with Crippen LogP contribution in [0.5, 0.6) is 0 Å². The summed E-state index contributed by atoms with van der Waals surface area (Å²) in [6, 6.07) is 2.69. The van der Waals surface area contributed by atoms with Gasteiger partial charge in [-0.2, -0.15) is 5.26 Å². The lowest BCUT2D eigenvalue weighted by Crippen LogP contribution is -2.61. The van der Waals surface area contributed by atoms with E-state index in [9.17, 15) is 10.1 Å². The Bertz CT molecular complexity index is 1130. The largest absolute Gasteiger partial charge is 0.489 e. The van der Waals surface area contributed by atoms with E-state index in [1.54, 1.807) is 0 Å². The van der Waals surface area contributed by atoms with Crippen molar-refractivity contribution in [2.45, 2.75) is 93.4 Å². The number of ketones is 1. The molecule has 0 spiro atoms. The second-order valence-corrected chi connectivity index (χ2v) is 13.1. The molecule has 3 heteroatoms. The SMILES string of the molecule is CCOC1=C(C)C2=CC=C3[C@@](C)(CC[C@@]4(C)[C@@H]5C[C@](C)(C#N)CC[C@]5(C)CC[C@]34C)C2=CC1=O. The zero-order chi connectivity index (χ0) is 24.7. The first-order valence-corrected chi connectivity index (χ1v) is 13.3. The van der Waals surface area contributed by atoms with Crippen LogP contribution in [-0.2, 0) is 9.53 Å². The minimum absolute atomic E-state index is 0.0146. The van der Waals surface area contributed by atoms with Gasteiger partial charge in [-0.1, -0.05) is 45.4 Å². The predicted molar refractivity (Wildman–Crippen MR) is 136 cm³/mol. The second-order valence-electron chi connectivity index (χ2n) is 13.1. The Labute approximate surface area is 206 Å². The molecule has 3 fully saturated rings. The first-order chi connectivity index (χ1) is 15.9. The second kappa shape index (κ2) is 7.22. The van der Waals surface area contributed by atoms with Crippen LogP contribution < -0.4 is 0 Å². The highest BCUT2D eigenvalue weighted by Gasteiger charge is 2.66. The summed E-state index contributed by atoms with van der Waals surface area (Å²) in [6.07, 6.45) is 14.3. The van der Waals surface area contributed by atoms with E-state index in [1.807, 2.05) is 19.9 Å². The van der Waals surface area contributed by atoms with Gasteiger partial charge in [0.1, 0.15) is 0 Å². The lowest BCUT2D eigenvalue weighted by Gasteiger charge is -2.69. The Morgan fingerprint density at radius 2 is 1.74 bits per heavy atom. The number of hydrogen-bond donors (Lipinski definition) is 0. The van der Waals surface area contributed by atoms with Gasteiger partial charge in [-0.3, -0.25) is 4.79 Å². The van der Waals surface area contributed by atoms with Crippen molar-refractivity contribution in [3.63, 3.8) is 0 Å². The summed E-state index contributed by atoms with van der Waals surface area (Å²) in [5, 5.41) is 10.0. The van der Waals surface area contributed by atoms with E-state index in [0.29, 0.717) is 23.7 Å². The molecule has 0 aromatic rings. The minimum atomic E-state index is -0.212. The van der Waals surface area contributed by atoms with Gasteiger partial charge in [0.15, 0.2) is 5.76 Å². The normalized spacial score (nSPS) is 45.5. The van der Waals surface area contributed by atoms with Gasteiger partial charge in [0.2, 0.25) is 5.78 Å². The van der Waals surface area contributed by atoms with E-state index in [0.717, 1.165) is 37.7 Å². The Morgan fingerprint density at radius 1 is 1.03 bits per heavy atom. The maximum absolute atomic E-state index is 13.1. The molecule has 0 amide bonds. The maximum atomic E-state index is 13.1. The maximum Gasteiger partial charge on any atom is 0.220 e. The predicted octanol–water partition coefficient (Wildman–Crippen LogP) is 7.62. The van der Waals surface area contributed by atoms with Crippen LogP contribution in [0.15, 0.2) is 46.3 Å². The van der Waals surface area contributed by atoms with Crippen LogP contribution in [0.3, 0.4) is 0 Å². The van der Waals surface area contributed by atoms with Gasteiger partial charge in [0, 0.05) is 11.0 Å². The molecule has 5 rings (SSSR count). The highest BCUT2D eigenvalue weighted by Crippen LogP contribution is 2.75. The molecule has 5 aliphatic carbocycles. The van der Waals surface area contributed by atoms with Gasteiger partial charge in [0.05, 0.1) is 18.1 Å². The molecule has 0 N–H and O–H groups in total. The third-order valence-electron chi connectivity index (χ3n) is 11.4. The fraction of sp³-hybridized carbons (Fsp3) is 0.677. The molecular weight excluding hydrogens is 418 g/mol. The van der Waals surface area contributed by atoms with Crippen molar-refractivity contribution in [3.05, 3.63) is 46.3 Å². The monoisotopic (exact) mass is 459 g/mol. The molecule has 182 valence electrons. The number of hydrogen-bond acceptors (Lipinski definition) is 3. The Hall–Kier alpha value is -2.08. The zero-order valence-electron chi connectivity index (χ0n) is 22.2. The average molecular weight is 460 g/mol. The lowest BCUT2D eigenvalue weighted by atomic mass is 9.34. The van der Waals surface area contributed by atoms with E-state index in [2.05, 4.69) is 52.8 Å². The van der Waals surface area contributed by atoms with Gasteiger partial charge in [0.25, 0.3) is 0 Å². The van der Waals surface area contributed by atoms with E-state index in [-0.39, 0.29) is 27.4 Å².